The summed E-state index contributed by atoms with van der Waals surface area (Å²) >= 11 is 9.60. The Hall–Kier alpha value is -2.10. The number of nitrogens with one attached hydrogen (secondary N) is 1. The first kappa shape index (κ1) is 26.2. The predicted molar refractivity (Wildman–Crippen MR) is 131 cm³/mol. The van der Waals surface area contributed by atoms with Crippen LogP contribution in [0.4, 0.5) is 5.69 Å². The molecule has 2 rings (SSSR count). The zero-order valence-corrected chi connectivity index (χ0v) is 21.5. The number of hydrogen-bond donors (Lipinski definition) is 1. The molecule has 1 atom stereocenters. The van der Waals surface area contributed by atoms with E-state index in [1.807, 2.05) is 13.8 Å². The van der Waals surface area contributed by atoms with Crippen molar-refractivity contribution in [1.29, 1.82) is 0 Å². The van der Waals surface area contributed by atoms with Crippen LogP contribution in [0.3, 0.4) is 0 Å². The van der Waals surface area contributed by atoms with Gasteiger partial charge in [-0.3, -0.25) is 13.9 Å². The van der Waals surface area contributed by atoms with Crippen LogP contribution in [0.15, 0.2) is 53.0 Å². The molecule has 32 heavy (non-hydrogen) atoms. The fraction of sp³-hybridized carbons (Fsp3) is 0.364. The Morgan fingerprint density at radius 3 is 2.19 bits per heavy atom. The molecule has 0 radical (unpaired) electrons. The van der Waals surface area contributed by atoms with Crippen LogP contribution in [-0.4, -0.2) is 50.0 Å². The zero-order chi connectivity index (χ0) is 24.1. The highest BCUT2D eigenvalue weighted by Gasteiger charge is 2.30. The number of sulfonamides is 1. The Kier molecular flexibility index (Phi) is 9.12. The van der Waals surface area contributed by atoms with E-state index >= 15 is 0 Å². The van der Waals surface area contributed by atoms with Crippen LogP contribution in [0.2, 0.25) is 5.02 Å². The van der Waals surface area contributed by atoms with Gasteiger partial charge in [-0.1, -0.05) is 45.7 Å². The number of carbonyl (C=O) groups excluding carboxylic acids is 2. The van der Waals surface area contributed by atoms with Crippen LogP contribution < -0.4 is 9.62 Å². The van der Waals surface area contributed by atoms with E-state index in [-0.39, 0.29) is 18.5 Å². The minimum Gasteiger partial charge on any atom is -0.352 e. The topological polar surface area (TPSA) is 86.8 Å². The summed E-state index contributed by atoms with van der Waals surface area (Å²) in [5, 5.41) is 3.25. The normalized spacial score (nSPS) is 12.3. The standard InChI is InChI=1S/C22H27BrClN3O4S/c1-15(2)25-22(29)16(3)26(13-17-7-5-6-8-20(17)24)21(28)14-27(32(4,30)31)19-11-9-18(23)10-12-19/h5-12,15-16H,13-14H2,1-4H3,(H,25,29)/t16-/m1/s1. The van der Waals surface area contributed by atoms with Gasteiger partial charge < -0.3 is 10.2 Å². The van der Waals surface area contributed by atoms with Crippen molar-refractivity contribution in [2.24, 2.45) is 0 Å². The number of halogens is 2. The molecule has 7 nitrogen and oxygen atoms in total. The average molecular weight is 545 g/mol. The van der Waals surface area contributed by atoms with E-state index in [1.54, 1.807) is 55.5 Å². The highest BCUT2D eigenvalue weighted by molar-refractivity contribution is 9.10. The summed E-state index contributed by atoms with van der Waals surface area (Å²) in [4.78, 5) is 27.4. The van der Waals surface area contributed by atoms with Gasteiger partial charge in [0.25, 0.3) is 0 Å². The Morgan fingerprint density at radius 1 is 1.06 bits per heavy atom. The Morgan fingerprint density at radius 2 is 1.66 bits per heavy atom. The molecule has 0 saturated carbocycles. The van der Waals surface area contributed by atoms with Gasteiger partial charge in [0.05, 0.1) is 11.9 Å². The van der Waals surface area contributed by atoms with Gasteiger partial charge in [-0.25, -0.2) is 8.42 Å². The molecule has 0 fully saturated rings. The summed E-state index contributed by atoms with van der Waals surface area (Å²) in [6.45, 7) is 4.86. The molecule has 1 N–H and O–H groups in total. The molecule has 0 bridgehead atoms. The summed E-state index contributed by atoms with van der Waals surface area (Å²) in [7, 11) is -3.76. The second-order valence-corrected chi connectivity index (χ2v) is 10.9. The zero-order valence-electron chi connectivity index (χ0n) is 18.4. The third-order valence-electron chi connectivity index (χ3n) is 4.69. The summed E-state index contributed by atoms with van der Waals surface area (Å²) in [6, 6.07) is 12.7. The molecule has 0 aliphatic rings. The lowest BCUT2D eigenvalue weighted by Crippen LogP contribution is -2.52. The molecule has 0 saturated heterocycles. The number of benzene rings is 2. The molecular weight excluding hydrogens is 518 g/mol. The van der Waals surface area contributed by atoms with Gasteiger partial charge in [0.15, 0.2) is 0 Å². The quantitative estimate of drug-likeness (QED) is 0.520. The first-order valence-corrected chi connectivity index (χ1v) is 13.0. The van der Waals surface area contributed by atoms with Gasteiger partial charge in [0.2, 0.25) is 21.8 Å². The Labute approximate surface area is 202 Å². The second kappa shape index (κ2) is 11.2. The number of amides is 2. The van der Waals surface area contributed by atoms with Crippen molar-refractivity contribution in [3.05, 3.63) is 63.6 Å². The number of nitrogens with zero attached hydrogens (tertiary/aromatic N) is 2. The van der Waals surface area contributed by atoms with E-state index in [0.29, 0.717) is 16.3 Å². The molecular formula is C22H27BrClN3O4S. The van der Waals surface area contributed by atoms with E-state index < -0.39 is 28.5 Å². The highest BCUT2D eigenvalue weighted by Crippen LogP contribution is 2.23. The van der Waals surface area contributed by atoms with Crippen LogP contribution in [-0.2, 0) is 26.2 Å². The maximum atomic E-state index is 13.4. The summed E-state index contributed by atoms with van der Waals surface area (Å²) in [5.41, 5.74) is 1.00. The first-order chi connectivity index (χ1) is 14.9. The van der Waals surface area contributed by atoms with Crippen molar-refractivity contribution in [3.8, 4) is 0 Å². The molecule has 2 aromatic carbocycles. The largest absolute Gasteiger partial charge is 0.352 e. The van der Waals surface area contributed by atoms with E-state index in [9.17, 15) is 18.0 Å². The van der Waals surface area contributed by atoms with Crippen molar-refractivity contribution in [2.45, 2.75) is 39.4 Å². The minimum absolute atomic E-state index is 0.0587. The van der Waals surface area contributed by atoms with Gasteiger partial charge in [-0.2, -0.15) is 0 Å². The minimum atomic E-state index is -3.76. The highest BCUT2D eigenvalue weighted by atomic mass is 79.9. The molecule has 174 valence electrons. The summed E-state index contributed by atoms with van der Waals surface area (Å²) in [6.07, 6.45) is 1.04. The summed E-state index contributed by atoms with van der Waals surface area (Å²) in [5.74, 6) is -0.861. The smallest absolute Gasteiger partial charge is 0.244 e. The van der Waals surface area contributed by atoms with Gasteiger partial charge in [0.1, 0.15) is 12.6 Å². The van der Waals surface area contributed by atoms with E-state index in [2.05, 4.69) is 21.2 Å². The third-order valence-corrected chi connectivity index (χ3v) is 6.73. The van der Waals surface area contributed by atoms with Gasteiger partial charge in [-0.05, 0) is 56.7 Å². The maximum Gasteiger partial charge on any atom is 0.244 e. The molecule has 0 aliphatic carbocycles. The number of rotatable bonds is 9. The van der Waals surface area contributed by atoms with Gasteiger partial charge in [0, 0.05) is 22.1 Å². The summed E-state index contributed by atoms with van der Waals surface area (Å²) < 4.78 is 26.8. The van der Waals surface area contributed by atoms with Crippen LogP contribution >= 0.6 is 27.5 Å². The molecule has 0 aliphatic heterocycles. The van der Waals surface area contributed by atoms with Crippen molar-refractivity contribution in [2.75, 3.05) is 17.1 Å². The van der Waals surface area contributed by atoms with Crippen molar-refractivity contribution in [1.82, 2.24) is 10.2 Å². The predicted octanol–water partition coefficient (Wildman–Crippen LogP) is 3.81. The van der Waals surface area contributed by atoms with Crippen molar-refractivity contribution >= 4 is 55.1 Å². The van der Waals surface area contributed by atoms with Gasteiger partial charge in [-0.15, -0.1) is 0 Å². The lowest BCUT2D eigenvalue weighted by molar-refractivity contribution is -0.139. The number of anilines is 1. The maximum absolute atomic E-state index is 13.4. The molecule has 10 heteroatoms. The van der Waals surface area contributed by atoms with Crippen LogP contribution in [0.25, 0.3) is 0 Å². The fourth-order valence-electron chi connectivity index (χ4n) is 3.02. The lowest BCUT2D eigenvalue weighted by Gasteiger charge is -2.32. The first-order valence-electron chi connectivity index (χ1n) is 9.96. The molecule has 0 aromatic heterocycles. The molecule has 0 spiro atoms. The fourth-order valence-corrected chi connectivity index (χ4v) is 4.33. The number of hydrogen-bond acceptors (Lipinski definition) is 4. The Balaban J connectivity index is 2.39. The van der Waals surface area contributed by atoms with Crippen LogP contribution in [0.1, 0.15) is 26.3 Å². The van der Waals surface area contributed by atoms with Crippen LogP contribution in [0, 0.1) is 0 Å². The average Bonchev–Trinajstić information content (AvgIpc) is 2.70. The van der Waals surface area contributed by atoms with Crippen LogP contribution in [0.5, 0.6) is 0 Å². The van der Waals surface area contributed by atoms with Crippen molar-refractivity contribution in [3.63, 3.8) is 0 Å². The Bertz CT molecular complexity index is 1060. The molecule has 2 amide bonds. The molecule has 0 heterocycles. The molecule has 2 aromatic rings. The van der Waals surface area contributed by atoms with E-state index in [0.717, 1.165) is 15.0 Å². The SMILES string of the molecule is CC(C)NC(=O)[C@@H](C)N(Cc1ccccc1Cl)C(=O)CN(c1ccc(Br)cc1)S(C)(=O)=O. The third kappa shape index (κ3) is 7.21. The van der Waals surface area contributed by atoms with E-state index in [4.69, 9.17) is 11.6 Å². The monoisotopic (exact) mass is 543 g/mol. The number of carbonyl (C=O) groups is 2. The second-order valence-electron chi connectivity index (χ2n) is 7.70. The van der Waals surface area contributed by atoms with Crippen molar-refractivity contribution < 1.29 is 18.0 Å². The molecule has 0 unspecified atom stereocenters. The lowest BCUT2D eigenvalue weighted by atomic mass is 10.1. The van der Waals surface area contributed by atoms with Gasteiger partial charge >= 0.3 is 0 Å². The van der Waals surface area contributed by atoms with E-state index in [1.165, 1.54) is 4.90 Å².